The van der Waals surface area contributed by atoms with Crippen LogP contribution in [0.2, 0.25) is 0 Å². The van der Waals surface area contributed by atoms with Crippen LogP contribution in [0.3, 0.4) is 0 Å². The lowest BCUT2D eigenvalue weighted by atomic mass is 10.0. The van der Waals surface area contributed by atoms with Crippen LogP contribution in [0.5, 0.6) is 11.5 Å². The van der Waals surface area contributed by atoms with Crippen LogP contribution in [0.1, 0.15) is 29.8 Å². The van der Waals surface area contributed by atoms with Gasteiger partial charge in [0, 0.05) is 5.56 Å². The lowest BCUT2D eigenvalue weighted by Gasteiger charge is -2.12. The van der Waals surface area contributed by atoms with Gasteiger partial charge in [0.1, 0.15) is 5.82 Å². The summed E-state index contributed by atoms with van der Waals surface area (Å²) in [4.78, 5) is 12.4. The van der Waals surface area contributed by atoms with Gasteiger partial charge in [0.25, 0.3) is 0 Å². The maximum Gasteiger partial charge on any atom is 0.196 e. The summed E-state index contributed by atoms with van der Waals surface area (Å²) in [5.74, 6) is 0.150. The molecule has 0 aliphatic rings. The molecule has 0 fully saturated rings. The number of ketones is 1. The summed E-state index contributed by atoms with van der Waals surface area (Å²) in [6, 6.07) is 10.8. The Morgan fingerprint density at radius 3 is 2.33 bits per heavy atom. The van der Waals surface area contributed by atoms with Gasteiger partial charge in [-0.15, -0.1) is 0 Å². The van der Waals surface area contributed by atoms with Crippen LogP contribution in [0.4, 0.5) is 4.39 Å². The first-order valence-electron chi connectivity index (χ1n) is 6.86. The molecule has 0 saturated carbocycles. The standard InChI is InChI=1S/C17H17FO3/c1-3-20-15-10-9-12(11-16(15)21-4-2)17(19)13-7-5-6-8-14(13)18/h5-11H,3-4H2,1-2H3. The molecule has 0 amide bonds. The summed E-state index contributed by atoms with van der Waals surface area (Å²) in [7, 11) is 0. The number of rotatable bonds is 6. The van der Waals surface area contributed by atoms with E-state index >= 15 is 0 Å². The number of carbonyl (C=O) groups is 1. The second-order valence-corrected chi connectivity index (χ2v) is 4.34. The molecule has 0 heterocycles. The van der Waals surface area contributed by atoms with E-state index in [4.69, 9.17) is 9.47 Å². The topological polar surface area (TPSA) is 35.5 Å². The third-order valence-corrected chi connectivity index (χ3v) is 2.92. The number of hydrogen-bond donors (Lipinski definition) is 0. The van der Waals surface area contributed by atoms with Crippen molar-refractivity contribution in [3.63, 3.8) is 0 Å². The monoisotopic (exact) mass is 288 g/mol. The van der Waals surface area contributed by atoms with Crippen molar-refractivity contribution in [1.29, 1.82) is 0 Å². The Morgan fingerprint density at radius 1 is 1.00 bits per heavy atom. The highest BCUT2D eigenvalue weighted by molar-refractivity contribution is 6.09. The molecule has 2 aromatic carbocycles. The van der Waals surface area contributed by atoms with E-state index in [1.807, 2.05) is 13.8 Å². The summed E-state index contributed by atoms with van der Waals surface area (Å²) in [5, 5.41) is 0. The van der Waals surface area contributed by atoms with E-state index in [0.29, 0.717) is 30.3 Å². The van der Waals surface area contributed by atoms with Gasteiger partial charge in [-0.05, 0) is 44.2 Å². The fraction of sp³-hybridized carbons (Fsp3) is 0.235. The molecule has 0 bridgehead atoms. The Hall–Kier alpha value is -2.36. The molecule has 2 aromatic rings. The predicted molar refractivity (Wildman–Crippen MR) is 78.6 cm³/mol. The van der Waals surface area contributed by atoms with Crippen LogP contribution in [-0.4, -0.2) is 19.0 Å². The lowest BCUT2D eigenvalue weighted by molar-refractivity contribution is 0.103. The highest BCUT2D eigenvalue weighted by atomic mass is 19.1. The third-order valence-electron chi connectivity index (χ3n) is 2.92. The first kappa shape index (κ1) is 15.0. The maximum absolute atomic E-state index is 13.7. The average Bonchev–Trinajstić information content (AvgIpc) is 2.49. The summed E-state index contributed by atoms with van der Waals surface area (Å²) in [6.45, 7) is 4.67. The largest absolute Gasteiger partial charge is 0.490 e. The minimum absolute atomic E-state index is 0.0455. The second kappa shape index (κ2) is 6.88. The van der Waals surface area contributed by atoms with Crippen molar-refractivity contribution in [3.8, 4) is 11.5 Å². The molecular weight excluding hydrogens is 271 g/mol. The first-order valence-corrected chi connectivity index (χ1v) is 6.86. The molecule has 110 valence electrons. The van der Waals surface area contributed by atoms with Crippen molar-refractivity contribution in [3.05, 3.63) is 59.4 Å². The van der Waals surface area contributed by atoms with Crippen molar-refractivity contribution in [2.24, 2.45) is 0 Å². The van der Waals surface area contributed by atoms with Crippen molar-refractivity contribution in [2.45, 2.75) is 13.8 Å². The van der Waals surface area contributed by atoms with Crippen LogP contribution in [0.15, 0.2) is 42.5 Å². The van der Waals surface area contributed by atoms with Crippen LogP contribution in [-0.2, 0) is 0 Å². The molecule has 0 aliphatic carbocycles. The number of benzene rings is 2. The SMILES string of the molecule is CCOc1ccc(C(=O)c2ccccc2F)cc1OCC. The number of hydrogen-bond acceptors (Lipinski definition) is 3. The van der Waals surface area contributed by atoms with Gasteiger partial charge in [-0.1, -0.05) is 12.1 Å². The van der Waals surface area contributed by atoms with Crippen LogP contribution < -0.4 is 9.47 Å². The van der Waals surface area contributed by atoms with Crippen molar-refractivity contribution in [1.82, 2.24) is 0 Å². The predicted octanol–water partition coefficient (Wildman–Crippen LogP) is 3.85. The number of halogens is 1. The van der Waals surface area contributed by atoms with Gasteiger partial charge >= 0.3 is 0 Å². The second-order valence-electron chi connectivity index (χ2n) is 4.34. The fourth-order valence-electron chi connectivity index (χ4n) is 1.99. The molecule has 21 heavy (non-hydrogen) atoms. The molecule has 0 spiro atoms. The molecule has 3 nitrogen and oxygen atoms in total. The van der Waals surface area contributed by atoms with Crippen LogP contribution >= 0.6 is 0 Å². The Kier molecular flexibility index (Phi) is 4.93. The van der Waals surface area contributed by atoms with E-state index in [-0.39, 0.29) is 11.3 Å². The molecule has 0 unspecified atom stereocenters. The van der Waals surface area contributed by atoms with Gasteiger partial charge in [0.2, 0.25) is 0 Å². The highest BCUT2D eigenvalue weighted by Gasteiger charge is 2.16. The Morgan fingerprint density at radius 2 is 1.67 bits per heavy atom. The Labute approximate surface area is 123 Å². The van der Waals surface area contributed by atoms with Gasteiger partial charge in [-0.25, -0.2) is 4.39 Å². The first-order chi connectivity index (χ1) is 10.2. The minimum atomic E-state index is -0.533. The van der Waals surface area contributed by atoms with Crippen LogP contribution in [0, 0.1) is 5.82 Å². The van der Waals surface area contributed by atoms with Crippen molar-refractivity contribution in [2.75, 3.05) is 13.2 Å². The van der Waals surface area contributed by atoms with Gasteiger partial charge in [-0.2, -0.15) is 0 Å². The third kappa shape index (κ3) is 3.40. The summed E-state index contributed by atoms with van der Waals surface area (Å²) in [6.07, 6.45) is 0. The zero-order valence-electron chi connectivity index (χ0n) is 12.1. The summed E-state index contributed by atoms with van der Waals surface area (Å²) in [5.41, 5.74) is 0.413. The molecule has 0 radical (unpaired) electrons. The van der Waals surface area contributed by atoms with E-state index in [9.17, 15) is 9.18 Å². The fourth-order valence-corrected chi connectivity index (χ4v) is 1.99. The Balaban J connectivity index is 2.38. The minimum Gasteiger partial charge on any atom is -0.490 e. The maximum atomic E-state index is 13.7. The molecule has 0 saturated heterocycles. The summed E-state index contributed by atoms with van der Waals surface area (Å²) < 4.78 is 24.6. The zero-order chi connectivity index (χ0) is 15.2. The number of carbonyl (C=O) groups excluding carboxylic acids is 1. The molecular formula is C17H17FO3. The van der Waals surface area contributed by atoms with Crippen LogP contribution in [0.25, 0.3) is 0 Å². The van der Waals surface area contributed by atoms with E-state index in [0.717, 1.165) is 0 Å². The van der Waals surface area contributed by atoms with Gasteiger partial charge in [-0.3, -0.25) is 4.79 Å². The quantitative estimate of drug-likeness (QED) is 0.757. The molecule has 4 heteroatoms. The molecule has 0 atom stereocenters. The highest BCUT2D eigenvalue weighted by Crippen LogP contribution is 2.29. The summed E-state index contributed by atoms with van der Waals surface area (Å²) >= 11 is 0. The van der Waals surface area contributed by atoms with E-state index < -0.39 is 5.82 Å². The lowest BCUT2D eigenvalue weighted by Crippen LogP contribution is -2.06. The van der Waals surface area contributed by atoms with Gasteiger partial charge in [0.05, 0.1) is 18.8 Å². The Bertz CT molecular complexity index is 638. The van der Waals surface area contributed by atoms with Crippen molar-refractivity contribution >= 4 is 5.78 Å². The molecule has 0 N–H and O–H groups in total. The van der Waals surface area contributed by atoms with Gasteiger partial charge < -0.3 is 9.47 Å². The van der Waals surface area contributed by atoms with Crippen molar-refractivity contribution < 1.29 is 18.7 Å². The molecule has 0 aliphatic heterocycles. The van der Waals surface area contributed by atoms with E-state index in [1.165, 1.54) is 12.1 Å². The number of ether oxygens (including phenoxy) is 2. The zero-order valence-corrected chi connectivity index (χ0v) is 12.1. The smallest absolute Gasteiger partial charge is 0.196 e. The average molecular weight is 288 g/mol. The molecule has 0 aromatic heterocycles. The normalized spacial score (nSPS) is 10.2. The molecule has 2 rings (SSSR count). The van der Waals surface area contributed by atoms with E-state index in [2.05, 4.69) is 0 Å². The van der Waals surface area contributed by atoms with Gasteiger partial charge in [0.15, 0.2) is 17.3 Å². The van der Waals surface area contributed by atoms with E-state index in [1.54, 1.807) is 30.3 Å².